The van der Waals surface area contributed by atoms with Crippen molar-refractivity contribution in [1.82, 2.24) is 4.90 Å². The minimum absolute atomic E-state index is 0.0966. The zero-order chi connectivity index (χ0) is 13.0. The van der Waals surface area contributed by atoms with Crippen LogP contribution < -0.4 is 0 Å². The van der Waals surface area contributed by atoms with Crippen LogP contribution in [0.15, 0.2) is 11.1 Å². The van der Waals surface area contributed by atoms with Gasteiger partial charge in [0, 0.05) is 30.8 Å². The molecule has 0 aromatic heterocycles. The summed E-state index contributed by atoms with van der Waals surface area (Å²) in [7, 11) is 0. The van der Waals surface area contributed by atoms with Crippen LogP contribution >= 0.6 is 0 Å². The van der Waals surface area contributed by atoms with E-state index in [9.17, 15) is 9.59 Å². The van der Waals surface area contributed by atoms with Crippen LogP contribution in [-0.2, 0) is 9.59 Å². The fourth-order valence-corrected chi connectivity index (χ4v) is 1.88. The Bertz CT molecular complexity index is 340. The summed E-state index contributed by atoms with van der Waals surface area (Å²) in [6, 6.07) is 0. The molecule has 96 valence electrons. The van der Waals surface area contributed by atoms with E-state index in [4.69, 9.17) is 10.2 Å². The molecular weight excluding hydrogens is 222 g/mol. The minimum Gasteiger partial charge on any atom is -0.478 e. The molecule has 0 aromatic rings. The lowest BCUT2D eigenvalue weighted by Gasteiger charge is -2.31. The summed E-state index contributed by atoms with van der Waals surface area (Å²) in [5.74, 6) is -0.994. The second-order valence-electron chi connectivity index (χ2n) is 4.47. The van der Waals surface area contributed by atoms with Gasteiger partial charge in [0.2, 0.25) is 5.91 Å². The molecule has 1 aliphatic rings. The second kappa shape index (κ2) is 5.82. The molecule has 1 heterocycles. The molecule has 5 heteroatoms. The van der Waals surface area contributed by atoms with Gasteiger partial charge in [-0.2, -0.15) is 0 Å². The lowest BCUT2D eigenvalue weighted by Crippen LogP contribution is -2.40. The van der Waals surface area contributed by atoms with Crippen LogP contribution in [0, 0.1) is 5.92 Å². The van der Waals surface area contributed by atoms with Crippen molar-refractivity contribution in [2.45, 2.75) is 26.7 Å². The van der Waals surface area contributed by atoms with Gasteiger partial charge in [-0.15, -0.1) is 0 Å². The fourth-order valence-electron chi connectivity index (χ4n) is 1.88. The number of nitrogens with zero attached hydrogens (tertiary/aromatic N) is 1. The fraction of sp³-hybridized carbons (Fsp3) is 0.667. The highest BCUT2D eigenvalue weighted by Crippen LogP contribution is 2.18. The summed E-state index contributed by atoms with van der Waals surface area (Å²) in [6.07, 6.45) is 1.56. The van der Waals surface area contributed by atoms with Crippen molar-refractivity contribution >= 4 is 11.9 Å². The van der Waals surface area contributed by atoms with Crippen molar-refractivity contribution in [3.8, 4) is 0 Å². The number of amides is 1. The van der Waals surface area contributed by atoms with Crippen LogP contribution in [0.3, 0.4) is 0 Å². The van der Waals surface area contributed by atoms with E-state index in [1.54, 1.807) is 11.8 Å². The highest BCUT2D eigenvalue weighted by atomic mass is 16.4. The predicted octanol–water partition coefficient (Wildman–Crippen LogP) is 0.638. The average Bonchev–Trinajstić information content (AvgIpc) is 2.36. The summed E-state index contributed by atoms with van der Waals surface area (Å²) < 4.78 is 0. The lowest BCUT2D eigenvalue weighted by atomic mass is 9.97. The predicted molar refractivity (Wildman–Crippen MR) is 62.4 cm³/mol. The molecule has 1 aliphatic heterocycles. The molecule has 0 saturated carbocycles. The number of hydrogen-bond acceptors (Lipinski definition) is 3. The molecule has 0 aromatic carbocycles. The van der Waals surface area contributed by atoms with Crippen LogP contribution in [0.2, 0.25) is 0 Å². The summed E-state index contributed by atoms with van der Waals surface area (Å²) >= 11 is 0. The monoisotopic (exact) mass is 241 g/mol. The van der Waals surface area contributed by atoms with Crippen LogP contribution in [0.5, 0.6) is 0 Å². The minimum atomic E-state index is -1.05. The van der Waals surface area contributed by atoms with Gasteiger partial charge in [0.25, 0.3) is 0 Å². The number of aliphatic carboxylic acids is 1. The van der Waals surface area contributed by atoms with Gasteiger partial charge in [0.05, 0.1) is 0 Å². The number of carbonyl (C=O) groups is 2. The Balaban J connectivity index is 2.66. The van der Waals surface area contributed by atoms with E-state index in [0.29, 0.717) is 18.7 Å². The molecule has 0 atom stereocenters. The molecule has 0 unspecified atom stereocenters. The first kappa shape index (κ1) is 13.7. The smallest absolute Gasteiger partial charge is 0.331 e. The van der Waals surface area contributed by atoms with Crippen LogP contribution in [0.4, 0.5) is 0 Å². The van der Waals surface area contributed by atoms with Crippen molar-refractivity contribution in [3.05, 3.63) is 11.1 Å². The van der Waals surface area contributed by atoms with Gasteiger partial charge in [-0.05, 0) is 32.6 Å². The van der Waals surface area contributed by atoms with Crippen molar-refractivity contribution in [1.29, 1.82) is 0 Å². The average molecular weight is 241 g/mol. The summed E-state index contributed by atoms with van der Waals surface area (Å²) in [4.78, 5) is 24.4. The van der Waals surface area contributed by atoms with Gasteiger partial charge in [-0.1, -0.05) is 0 Å². The molecule has 0 radical (unpaired) electrons. The molecule has 1 fully saturated rings. The Hall–Kier alpha value is -1.36. The van der Waals surface area contributed by atoms with E-state index in [1.165, 1.54) is 6.92 Å². The van der Waals surface area contributed by atoms with Crippen molar-refractivity contribution in [2.75, 3.05) is 19.7 Å². The van der Waals surface area contributed by atoms with Crippen molar-refractivity contribution < 1.29 is 19.8 Å². The van der Waals surface area contributed by atoms with E-state index in [1.807, 2.05) is 0 Å². The Morgan fingerprint density at radius 3 is 2.12 bits per heavy atom. The van der Waals surface area contributed by atoms with E-state index in [0.717, 1.165) is 12.8 Å². The number of rotatable bonds is 3. The maximum atomic E-state index is 12.0. The number of hydrogen-bond donors (Lipinski definition) is 2. The summed E-state index contributed by atoms with van der Waals surface area (Å²) in [5.41, 5.74) is 0.388. The third kappa shape index (κ3) is 3.30. The molecule has 0 aliphatic carbocycles. The van der Waals surface area contributed by atoms with E-state index < -0.39 is 5.97 Å². The molecule has 0 bridgehead atoms. The molecule has 0 spiro atoms. The number of carbonyl (C=O) groups excluding carboxylic acids is 1. The Kier molecular flexibility index (Phi) is 4.69. The zero-order valence-corrected chi connectivity index (χ0v) is 10.3. The zero-order valence-electron chi connectivity index (χ0n) is 10.3. The summed E-state index contributed by atoms with van der Waals surface area (Å²) in [5, 5.41) is 17.8. The number of piperidine rings is 1. The first-order valence-corrected chi connectivity index (χ1v) is 5.78. The van der Waals surface area contributed by atoms with Crippen molar-refractivity contribution in [3.63, 3.8) is 0 Å². The summed E-state index contributed by atoms with van der Waals surface area (Å²) in [6.45, 7) is 4.33. The highest BCUT2D eigenvalue weighted by molar-refractivity contribution is 6.01. The molecule has 17 heavy (non-hydrogen) atoms. The number of aliphatic hydroxyl groups is 1. The number of carboxylic acids is 1. The molecular formula is C12H19NO4. The topological polar surface area (TPSA) is 77.8 Å². The third-order valence-corrected chi connectivity index (χ3v) is 3.36. The van der Waals surface area contributed by atoms with Gasteiger partial charge in [-0.25, -0.2) is 4.79 Å². The van der Waals surface area contributed by atoms with Gasteiger partial charge >= 0.3 is 5.97 Å². The van der Waals surface area contributed by atoms with E-state index >= 15 is 0 Å². The van der Waals surface area contributed by atoms with E-state index in [-0.39, 0.29) is 24.0 Å². The quantitative estimate of drug-likeness (QED) is 0.711. The van der Waals surface area contributed by atoms with Crippen LogP contribution in [0.25, 0.3) is 0 Å². The number of carboxylic acid groups (broad SMARTS) is 1. The maximum absolute atomic E-state index is 12.0. The normalized spacial score (nSPS) is 18.9. The van der Waals surface area contributed by atoms with Gasteiger partial charge in [-0.3, -0.25) is 4.79 Å². The van der Waals surface area contributed by atoms with E-state index in [2.05, 4.69) is 0 Å². The Morgan fingerprint density at radius 1 is 1.18 bits per heavy atom. The first-order chi connectivity index (χ1) is 7.97. The number of aliphatic hydroxyl groups excluding tert-OH is 1. The van der Waals surface area contributed by atoms with Crippen molar-refractivity contribution in [2.24, 2.45) is 5.92 Å². The second-order valence-corrected chi connectivity index (χ2v) is 4.47. The molecule has 1 saturated heterocycles. The SMILES string of the molecule is CC(C(=O)O)=C(C)C(=O)N1CCC(CO)CC1. The molecule has 1 amide bonds. The Labute approximate surface area is 101 Å². The van der Waals surface area contributed by atoms with Crippen LogP contribution in [0.1, 0.15) is 26.7 Å². The van der Waals surface area contributed by atoms with Crippen LogP contribution in [-0.4, -0.2) is 46.7 Å². The first-order valence-electron chi connectivity index (χ1n) is 5.78. The Morgan fingerprint density at radius 2 is 1.71 bits per heavy atom. The maximum Gasteiger partial charge on any atom is 0.331 e. The van der Waals surface area contributed by atoms with Gasteiger partial charge in [0.15, 0.2) is 0 Å². The van der Waals surface area contributed by atoms with Gasteiger partial charge in [0.1, 0.15) is 0 Å². The molecule has 1 rings (SSSR count). The lowest BCUT2D eigenvalue weighted by molar-refractivity contribution is -0.134. The molecule has 5 nitrogen and oxygen atoms in total. The van der Waals surface area contributed by atoms with Gasteiger partial charge < -0.3 is 15.1 Å². The third-order valence-electron chi connectivity index (χ3n) is 3.36. The molecule has 2 N–H and O–H groups in total. The standard InChI is InChI=1S/C12H19NO4/c1-8(9(2)12(16)17)11(15)13-5-3-10(7-14)4-6-13/h10,14H,3-7H2,1-2H3,(H,16,17). The largest absolute Gasteiger partial charge is 0.478 e. The number of likely N-dealkylation sites (tertiary alicyclic amines) is 1. The highest BCUT2D eigenvalue weighted by Gasteiger charge is 2.24.